The zero-order chi connectivity index (χ0) is 31.2. The van der Waals surface area contributed by atoms with Crippen molar-refractivity contribution in [2.75, 3.05) is 13.1 Å². The van der Waals surface area contributed by atoms with Gasteiger partial charge >= 0.3 is 0 Å². The van der Waals surface area contributed by atoms with Crippen LogP contribution in [0.15, 0.2) is 59.0 Å². The van der Waals surface area contributed by atoms with Crippen LogP contribution in [-0.4, -0.2) is 22.2 Å². The molecule has 0 saturated carbocycles. The largest absolute Gasteiger partial charge is 0.354 e. The lowest BCUT2D eigenvalue weighted by Crippen LogP contribution is -2.06. The van der Waals surface area contributed by atoms with E-state index in [0.717, 1.165) is 36.9 Å². The zero-order valence-corrected chi connectivity index (χ0v) is 33.4. The number of rotatable bonds is 29. The van der Waals surface area contributed by atoms with Crippen LogP contribution in [0, 0.1) is 0 Å². The molecule has 0 atom stereocenters. The van der Waals surface area contributed by atoms with E-state index in [1.165, 1.54) is 154 Å². The summed E-state index contributed by atoms with van der Waals surface area (Å²) in [5.41, 5.74) is 0. The summed E-state index contributed by atoms with van der Waals surface area (Å²) in [5.74, 6) is 0. The molecule has 0 amide bonds. The van der Waals surface area contributed by atoms with Crippen molar-refractivity contribution >= 4 is 34.0 Å². The Balaban J connectivity index is 0.0000101. The molecule has 2 aromatic rings. The van der Waals surface area contributed by atoms with Crippen molar-refractivity contribution in [3.8, 4) is 0 Å². The Labute approximate surface area is 305 Å². The van der Waals surface area contributed by atoms with Crippen LogP contribution in [0.5, 0.6) is 0 Å². The van der Waals surface area contributed by atoms with Gasteiger partial charge in [-0.05, 0) is 49.9 Å². The van der Waals surface area contributed by atoms with Crippen LogP contribution in [0.1, 0.15) is 168 Å². The Morgan fingerprint density at radius 1 is 0.370 bits per heavy atom. The third-order valence-electron chi connectivity index (χ3n) is 8.94. The van der Waals surface area contributed by atoms with Gasteiger partial charge in [-0.25, -0.2) is 0 Å². The molecule has 46 heavy (non-hydrogen) atoms. The first-order valence-electron chi connectivity index (χ1n) is 19.1. The van der Waals surface area contributed by atoms with Crippen molar-refractivity contribution in [3.05, 3.63) is 59.8 Å². The second kappa shape index (κ2) is 33.7. The quantitative estimate of drug-likeness (QED) is 0.0739. The highest BCUT2D eigenvalue weighted by atomic mass is 79.9. The first-order valence-corrected chi connectivity index (χ1v) is 19.1. The summed E-state index contributed by atoms with van der Waals surface area (Å²) in [5, 5.41) is 2.28. The average Bonchev–Trinajstić information content (AvgIpc) is 3.05. The highest BCUT2D eigenvalue weighted by molar-refractivity contribution is 8.93. The average molecular weight is 769 g/mol. The molecular formula is C40H72Br2N4. The maximum Gasteiger partial charge on any atom is 0.0603 e. The number of hydrogen-bond donors (Lipinski definition) is 0. The molecule has 6 heteroatoms. The van der Waals surface area contributed by atoms with E-state index in [4.69, 9.17) is 9.98 Å². The van der Waals surface area contributed by atoms with Gasteiger partial charge in [0.05, 0.1) is 10.7 Å². The van der Waals surface area contributed by atoms with Gasteiger partial charge in [0.2, 0.25) is 0 Å². The molecule has 266 valence electrons. The number of aromatic nitrogens is 2. The van der Waals surface area contributed by atoms with E-state index in [1.54, 1.807) is 0 Å². The molecule has 0 unspecified atom stereocenters. The number of nitrogens with zero attached hydrogens (tertiary/aromatic N) is 4. The smallest absolute Gasteiger partial charge is 0.0603 e. The number of pyridine rings is 2. The van der Waals surface area contributed by atoms with Crippen LogP contribution in [0.4, 0.5) is 0 Å². The maximum atomic E-state index is 4.75. The third kappa shape index (κ3) is 25.9. The first kappa shape index (κ1) is 44.9. The predicted octanol–water partition coefficient (Wildman–Crippen LogP) is 12.3. The summed E-state index contributed by atoms with van der Waals surface area (Å²) < 4.78 is 4.65. The van der Waals surface area contributed by atoms with E-state index >= 15 is 0 Å². The van der Waals surface area contributed by atoms with Gasteiger partial charge in [-0.1, -0.05) is 142 Å². The molecule has 0 radical (unpaired) electrons. The van der Waals surface area contributed by atoms with Crippen LogP contribution in [0.25, 0.3) is 0 Å². The lowest BCUT2D eigenvalue weighted by molar-refractivity contribution is 0.518. The van der Waals surface area contributed by atoms with Gasteiger partial charge in [0.25, 0.3) is 0 Å². The van der Waals surface area contributed by atoms with Crippen molar-refractivity contribution in [3.63, 3.8) is 0 Å². The third-order valence-corrected chi connectivity index (χ3v) is 8.94. The Kier molecular flexibility index (Phi) is 32.9. The standard InChI is InChI=1S/C40H70N4.2BrH/c1-3-5-7-9-19-23-31-41-39-27-35-43(36-28-39)33-25-21-17-15-13-11-12-14-16-18-22-26-34-44-37-29-40(30-38-44)42-32-24-20-10-8-6-4-2;;/h27-30,35-38H,3-26,31-34H2,1-2H3;2*1H. The molecule has 0 spiro atoms. The van der Waals surface area contributed by atoms with E-state index in [0.29, 0.717) is 0 Å². The van der Waals surface area contributed by atoms with Gasteiger partial charge in [0.15, 0.2) is 0 Å². The molecule has 4 nitrogen and oxygen atoms in total. The molecule has 0 aliphatic heterocycles. The Hall–Kier alpha value is -1.14. The van der Waals surface area contributed by atoms with Gasteiger partial charge in [-0.15, -0.1) is 34.0 Å². The van der Waals surface area contributed by atoms with Gasteiger partial charge < -0.3 is 9.13 Å². The van der Waals surface area contributed by atoms with Crippen molar-refractivity contribution in [1.82, 2.24) is 9.13 Å². The number of unbranched alkanes of at least 4 members (excludes halogenated alkanes) is 21. The molecule has 0 aliphatic rings. The minimum atomic E-state index is 0. The highest BCUT2D eigenvalue weighted by Crippen LogP contribution is 2.13. The summed E-state index contributed by atoms with van der Waals surface area (Å²) >= 11 is 0. The van der Waals surface area contributed by atoms with Crippen LogP contribution in [-0.2, 0) is 13.1 Å². The SMILES string of the molecule is Br.Br.CCCCCCCCN=c1ccn(CCCCCCCCCCCCCCn2ccc(=NCCCCCCCC)cc2)cc1. The predicted molar refractivity (Wildman–Crippen MR) is 213 cm³/mol. The van der Waals surface area contributed by atoms with Crippen LogP contribution in [0.2, 0.25) is 0 Å². The fourth-order valence-corrected chi connectivity index (χ4v) is 5.96. The fourth-order valence-electron chi connectivity index (χ4n) is 5.96. The van der Waals surface area contributed by atoms with Gasteiger partial charge in [-0.3, -0.25) is 9.98 Å². The minimum Gasteiger partial charge on any atom is -0.354 e. The first-order chi connectivity index (χ1) is 21.8. The normalized spacial score (nSPS) is 10.7. The number of halogens is 2. The van der Waals surface area contributed by atoms with Gasteiger partial charge in [0.1, 0.15) is 0 Å². The highest BCUT2D eigenvalue weighted by Gasteiger charge is 1.96. The van der Waals surface area contributed by atoms with Crippen LogP contribution in [0.3, 0.4) is 0 Å². The lowest BCUT2D eigenvalue weighted by Gasteiger charge is -2.07. The van der Waals surface area contributed by atoms with Crippen molar-refractivity contribution in [2.24, 2.45) is 9.98 Å². The van der Waals surface area contributed by atoms with Crippen LogP contribution >= 0.6 is 34.0 Å². The second-order valence-electron chi connectivity index (χ2n) is 13.1. The molecule has 0 bridgehead atoms. The molecule has 0 aliphatic carbocycles. The number of hydrogen-bond acceptors (Lipinski definition) is 2. The van der Waals surface area contributed by atoms with Crippen LogP contribution < -0.4 is 10.7 Å². The fraction of sp³-hybridized carbons (Fsp3) is 0.750. The van der Waals surface area contributed by atoms with Gasteiger partial charge in [0, 0.05) is 51.0 Å². The van der Waals surface area contributed by atoms with E-state index in [1.807, 2.05) is 0 Å². The molecule has 2 aromatic heterocycles. The summed E-state index contributed by atoms with van der Waals surface area (Å²) in [4.78, 5) is 9.49. The van der Waals surface area contributed by atoms with Gasteiger partial charge in [-0.2, -0.15) is 0 Å². The topological polar surface area (TPSA) is 34.6 Å². The zero-order valence-electron chi connectivity index (χ0n) is 30.0. The molecule has 0 N–H and O–H groups in total. The van der Waals surface area contributed by atoms with Crippen molar-refractivity contribution in [1.29, 1.82) is 0 Å². The Bertz CT molecular complexity index is 922. The summed E-state index contributed by atoms with van der Waals surface area (Å²) in [6.45, 7) is 8.77. The molecule has 2 rings (SSSR count). The van der Waals surface area contributed by atoms with Crippen molar-refractivity contribution < 1.29 is 0 Å². The molecular weight excluding hydrogens is 696 g/mol. The molecule has 0 saturated heterocycles. The van der Waals surface area contributed by atoms with E-state index in [-0.39, 0.29) is 34.0 Å². The second-order valence-corrected chi connectivity index (χ2v) is 13.1. The minimum absolute atomic E-state index is 0. The summed E-state index contributed by atoms with van der Waals surface area (Å²) in [7, 11) is 0. The molecule has 0 fully saturated rings. The Morgan fingerprint density at radius 3 is 0.935 bits per heavy atom. The van der Waals surface area contributed by atoms with E-state index in [9.17, 15) is 0 Å². The molecule has 0 aromatic carbocycles. The number of aryl methyl sites for hydroxylation is 2. The van der Waals surface area contributed by atoms with E-state index < -0.39 is 0 Å². The monoisotopic (exact) mass is 766 g/mol. The molecule has 2 heterocycles. The maximum absolute atomic E-state index is 4.75. The Morgan fingerprint density at radius 2 is 0.630 bits per heavy atom. The van der Waals surface area contributed by atoms with Crippen molar-refractivity contribution in [2.45, 2.75) is 181 Å². The lowest BCUT2D eigenvalue weighted by atomic mass is 10.1. The van der Waals surface area contributed by atoms with E-state index in [2.05, 4.69) is 72.0 Å². The summed E-state index contributed by atoms with van der Waals surface area (Å²) in [6, 6.07) is 8.74. The summed E-state index contributed by atoms with van der Waals surface area (Å²) in [6.07, 6.45) is 41.4.